The highest BCUT2D eigenvalue weighted by Crippen LogP contribution is 2.09. The molecular weight excluding hydrogens is 220 g/mol. The highest BCUT2D eigenvalue weighted by molar-refractivity contribution is 6.78. The summed E-state index contributed by atoms with van der Waals surface area (Å²) < 4.78 is 10.0. The van der Waals surface area contributed by atoms with Gasteiger partial charge in [-0.15, -0.1) is 0 Å². The first-order chi connectivity index (χ1) is 6.95. The molecule has 15 heavy (non-hydrogen) atoms. The van der Waals surface area contributed by atoms with Crippen molar-refractivity contribution in [2.24, 2.45) is 0 Å². The van der Waals surface area contributed by atoms with E-state index < -0.39 is 20.5 Å². The van der Waals surface area contributed by atoms with Gasteiger partial charge < -0.3 is 19.1 Å². The quantitative estimate of drug-likeness (QED) is 0.497. The third kappa shape index (κ3) is 5.11. The SMILES string of the molecule is CO[Si](C=CC(=O)O)(C=CC(=O)O)OC. The Hall–Kier alpha value is -1.44. The van der Waals surface area contributed by atoms with E-state index in [1.54, 1.807) is 0 Å². The van der Waals surface area contributed by atoms with Crippen molar-refractivity contribution in [2.45, 2.75) is 0 Å². The molecule has 0 amide bonds. The average molecular weight is 232 g/mol. The molecule has 84 valence electrons. The normalized spacial score (nSPS) is 12.4. The van der Waals surface area contributed by atoms with Gasteiger partial charge in [0.05, 0.1) is 0 Å². The Bertz CT molecular complexity index is 266. The van der Waals surface area contributed by atoms with Crippen LogP contribution in [-0.4, -0.2) is 44.9 Å². The third-order valence-corrected chi connectivity index (χ3v) is 4.09. The maximum Gasteiger partial charge on any atom is 0.392 e. The van der Waals surface area contributed by atoms with E-state index in [0.717, 1.165) is 12.2 Å². The predicted molar refractivity (Wildman–Crippen MR) is 53.3 cm³/mol. The van der Waals surface area contributed by atoms with Crippen LogP contribution in [0.3, 0.4) is 0 Å². The Kier molecular flexibility index (Phi) is 5.53. The largest absolute Gasteiger partial charge is 0.478 e. The Morgan fingerprint density at radius 3 is 1.53 bits per heavy atom. The van der Waals surface area contributed by atoms with E-state index in [4.69, 9.17) is 19.1 Å². The summed E-state index contributed by atoms with van der Waals surface area (Å²) in [6.45, 7) is 0. The smallest absolute Gasteiger partial charge is 0.392 e. The molecule has 6 nitrogen and oxygen atoms in total. The lowest BCUT2D eigenvalue weighted by Crippen LogP contribution is -2.36. The summed E-state index contributed by atoms with van der Waals surface area (Å²) in [5, 5.41) is 16.9. The van der Waals surface area contributed by atoms with Crippen LogP contribution in [0.1, 0.15) is 0 Å². The molecule has 0 aliphatic carbocycles. The number of carbonyl (C=O) groups is 2. The highest BCUT2D eigenvalue weighted by Gasteiger charge is 2.29. The fraction of sp³-hybridized carbons (Fsp3) is 0.250. The molecule has 0 aliphatic rings. The van der Waals surface area contributed by atoms with Crippen LogP contribution in [0.5, 0.6) is 0 Å². The van der Waals surface area contributed by atoms with Gasteiger partial charge in [-0.05, 0) is 11.4 Å². The number of aliphatic carboxylic acids is 2. The first-order valence-corrected chi connectivity index (χ1v) is 5.87. The lowest BCUT2D eigenvalue weighted by atomic mass is 10.7. The minimum absolute atomic E-state index is 0.866. The van der Waals surface area contributed by atoms with E-state index >= 15 is 0 Å². The Morgan fingerprint density at radius 1 is 1.00 bits per heavy atom. The number of carboxylic acids is 2. The zero-order valence-corrected chi connectivity index (χ0v) is 9.34. The molecule has 0 spiro atoms. The summed E-state index contributed by atoms with van der Waals surface area (Å²) in [7, 11) is -0.337. The molecule has 0 fully saturated rings. The maximum absolute atomic E-state index is 10.3. The van der Waals surface area contributed by atoms with Crippen molar-refractivity contribution in [3.05, 3.63) is 23.6 Å². The van der Waals surface area contributed by atoms with Gasteiger partial charge in [0.2, 0.25) is 0 Å². The van der Waals surface area contributed by atoms with Crippen LogP contribution >= 0.6 is 0 Å². The van der Waals surface area contributed by atoms with Gasteiger partial charge >= 0.3 is 20.5 Å². The fourth-order valence-corrected chi connectivity index (χ4v) is 2.36. The van der Waals surface area contributed by atoms with Crippen LogP contribution in [0.2, 0.25) is 0 Å². The molecule has 0 aromatic carbocycles. The van der Waals surface area contributed by atoms with Crippen molar-refractivity contribution in [2.75, 3.05) is 14.2 Å². The zero-order valence-electron chi connectivity index (χ0n) is 8.34. The first kappa shape index (κ1) is 13.6. The summed E-state index contributed by atoms with van der Waals surface area (Å²) in [6, 6.07) is 0. The molecule has 0 unspecified atom stereocenters. The second-order valence-corrected chi connectivity index (χ2v) is 5.40. The van der Waals surface area contributed by atoms with Gasteiger partial charge in [0.15, 0.2) is 0 Å². The van der Waals surface area contributed by atoms with Crippen molar-refractivity contribution >= 4 is 20.5 Å². The van der Waals surface area contributed by atoms with E-state index in [9.17, 15) is 9.59 Å². The van der Waals surface area contributed by atoms with Gasteiger partial charge in [-0.2, -0.15) is 0 Å². The molecule has 0 aromatic heterocycles. The number of hydrogen-bond donors (Lipinski definition) is 2. The number of rotatable bonds is 6. The highest BCUT2D eigenvalue weighted by atomic mass is 28.4. The molecule has 0 rings (SSSR count). The molecule has 0 saturated heterocycles. The van der Waals surface area contributed by atoms with Crippen molar-refractivity contribution in [3.63, 3.8) is 0 Å². The van der Waals surface area contributed by atoms with Crippen LogP contribution < -0.4 is 0 Å². The zero-order chi connectivity index (χ0) is 11.9. The Morgan fingerprint density at radius 2 is 1.33 bits per heavy atom. The molecule has 0 atom stereocenters. The third-order valence-electron chi connectivity index (χ3n) is 1.55. The van der Waals surface area contributed by atoms with Crippen molar-refractivity contribution in [1.29, 1.82) is 0 Å². The molecule has 0 aromatic rings. The van der Waals surface area contributed by atoms with Crippen LogP contribution in [0.15, 0.2) is 23.6 Å². The molecule has 0 saturated carbocycles. The summed E-state index contributed by atoms with van der Waals surface area (Å²) in [6.07, 6.45) is 1.73. The number of hydrogen-bond acceptors (Lipinski definition) is 4. The van der Waals surface area contributed by atoms with Crippen LogP contribution in [0.4, 0.5) is 0 Å². The van der Waals surface area contributed by atoms with E-state index in [1.165, 1.54) is 25.6 Å². The van der Waals surface area contributed by atoms with E-state index in [-0.39, 0.29) is 0 Å². The molecule has 0 aliphatic heterocycles. The van der Waals surface area contributed by atoms with Crippen LogP contribution in [0.25, 0.3) is 0 Å². The monoisotopic (exact) mass is 232 g/mol. The van der Waals surface area contributed by atoms with Gasteiger partial charge in [-0.3, -0.25) is 0 Å². The van der Waals surface area contributed by atoms with Crippen molar-refractivity contribution in [1.82, 2.24) is 0 Å². The molecular formula is C8H12O6Si. The van der Waals surface area contributed by atoms with Crippen molar-refractivity contribution < 1.29 is 28.7 Å². The molecule has 2 N–H and O–H groups in total. The first-order valence-electron chi connectivity index (χ1n) is 3.90. The second-order valence-electron chi connectivity index (χ2n) is 2.47. The van der Waals surface area contributed by atoms with E-state index in [0.29, 0.717) is 0 Å². The minimum Gasteiger partial charge on any atom is -0.478 e. The van der Waals surface area contributed by atoms with Crippen LogP contribution in [-0.2, 0) is 18.4 Å². The fourth-order valence-electron chi connectivity index (χ4n) is 0.786. The maximum atomic E-state index is 10.3. The van der Waals surface area contributed by atoms with Crippen LogP contribution in [0, 0.1) is 0 Å². The summed E-state index contributed by atoms with van der Waals surface area (Å²) >= 11 is 0. The van der Waals surface area contributed by atoms with Gasteiger partial charge in [-0.1, -0.05) is 0 Å². The Labute approximate surface area is 87.7 Å². The standard InChI is InChI=1S/C8H12O6Si/c1-13-15(14-2,5-3-7(9)10)6-4-8(11)12/h3-6H,1-2H3,(H,9,10)(H,11,12). The van der Waals surface area contributed by atoms with E-state index in [2.05, 4.69) is 0 Å². The molecule has 7 heteroatoms. The molecule has 0 radical (unpaired) electrons. The van der Waals surface area contributed by atoms with Gasteiger partial charge in [0.25, 0.3) is 0 Å². The minimum atomic E-state index is -2.99. The second kappa shape index (κ2) is 6.12. The predicted octanol–water partition coefficient (Wildman–Crippen LogP) is 0.0814. The van der Waals surface area contributed by atoms with Crippen molar-refractivity contribution in [3.8, 4) is 0 Å². The summed E-state index contributed by atoms with van der Waals surface area (Å²) in [5.74, 6) is -2.30. The summed E-state index contributed by atoms with van der Waals surface area (Å²) in [5.41, 5.74) is 2.46. The topological polar surface area (TPSA) is 93.1 Å². The van der Waals surface area contributed by atoms with Gasteiger partial charge in [-0.25, -0.2) is 9.59 Å². The van der Waals surface area contributed by atoms with Gasteiger partial charge in [0.1, 0.15) is 0 Å². The molecule has 0 heterocycles. The average Bonchev–Trinajstić information content (AvgIpc) is 2.19. The lowest BCUT2D eigenvalue weighted by Gasteiger charge is -2.18. The van der Waals surface area contributed by atoms with Gasteiger partial charge in [0, 0.05) is 26.4 Å². The lowest BCUT2D eigenvalue weighted by molar-refractivity contribution is -0.132. The Balaban J connectivity index is 4.87. The summed E-state index contributed by atoms with van der Waals surface area (Å²) in [4.78, 5) is 20.6. The van der Waals surface area contributed by atoms with E-state index in [1.807, 2.05) is 0 Å². The number of carboxylic acid groups (broad SMARTS) is 2. The molecule has 0 bridgehead atoms.